The number of ether oxygens (including phenoxy) is 1. The molecular formula is C19H21N3O. The number of nitrogens with zero attached hydrogens (tertiary/aromatic N) is 2. The van der Waals surface area contributed by atoms with Crippen LogP contribution in [0, 0.1) is 0 Å². The summed E-state index contributed by atoms with van der Waals surface area (Å²) in [5, 5.41) is 0. The third kappa shape index (κ3) is 4.36. The lowest BCUT2D eigenvalue weighted by molar-refractivity contribution is 0.303. The summed E-state index contributed by atoms with van der Waals surface area (Å²) in [6.45, 7) is 1.72. The van der Waals surface area contributed by atoms with E-state index in [1.165, 1.54) is 0 Å². The van der Waals surface area contributed by atoms with Crippen LogP contribution in [0.5, 0.6) is 5.75 Å². The lowest BCUT2D eigenvalue weighted by atomic mass is 10.1. The number of aromatic nitrogens is 2. The quantitative estimate of drug-likeness (QED) is 0.530. The van der Waals surface area contributed by atoms with Gasteiger partial charge in [0.1, 0.15) is 5.75 Å². The van der Waals surface area contributed by atoms with E-state index in [1.807, 2.05) is 48.9 Å². The van der Waals surface area contributed by atoms with Gasteiger partial charge in [-0.05, 0) is 48.2 Å². The van der Waals surface area contributed by atoms with Crippen LogP contribution in [0.4, 0.5) is 5.69 Å². The molecule has 1 heterocycles. The van der Waals surface area contributed by atoms with Crippen molar-refractivity contribution in [3.63, 3.8) is 0 Å². The Bertz CT molecular complexity index is 703. The maximum absolute atomic E-state index is 5.79. The fourth-order valence-corrected chi connectivity index (χ4v) is 2.42. The smallest absolute Gasteiger partial charge is 0.119 e. The van der Waals surface area contributed by atoms with Crippen LogP contribution in [0.2, 0.25) is 0 Å². The zero-order valence-electron chi connectivity index (χ0n) is 13.1. The van der Waals surface area contributed by atoms with Crippen molar-refractivity contribution in [1.29, 1.82) is 0 Å². The summed E-state index contributed by atoms with van der Waals surface area (Å²) in [5.41, 5.74) is 8.82. The summed E-state index contributed by atoms with van der Waals surface area (Å²) in [5.74, 6) is 0.909. The number of nitrogens with two attached hydrogens (primary N) is 1. The zero-order valence-corrected chi connectivity index (χ0v) is 13.1. The predicted molar refractivity (Wildman–Crippen MR) is 93.2 cm³/mol. The molecule has 118 valence electrons. The van der Waals surface area contributed by atoms with Crippen LogP contribution in [-0.4, -0.2) is 16.2 Å². The van der Waals surface area contributed by atoms with Crippen molar-refractivity contribution in [2.24, 2.45) is 0 Å². The molecule has 0 aliphatic rings. The Labute approximate surface area is 136 Å². The molecule has 0 spiro atoms. The van der Waals surface area contributed by atoms with E-state index in [1.54, 1.807) is 6.20 Å². The molecule has 0 atom stereocenters. The summed E-state index contributed by atoms with van der Waals surface area (Å²) in [4.78, 5) is 4.03. The fraction of sp³-hybridized carbons (Fsp3) is 0.211. The van der Waals surface area contributed by atoms with Gasteiger partial charge in [0.2, 0.25) is 0 Å². The first-order chi connectivity index (χ1) is 11.3. The standard InChI is InChI=1S/C19H21N3O/c20-18-7-3-16(4-8-18)17-5-9-19(10-6-17)23-14-2-1-12-22-13-11-21-15-22/h3-11,13,15H,1-2,12,14,20H2. The Morgan fingerprint density at radius 1 is 0.913 bits per heavy atom. The Morgan fingerprint density at radius 2 is 1.61 bits per heavy atom. The van der Waals surface area contributed by atoms with E-state index in [2.05, 4.69) is 21.7 Å². The first-order valence-electron chi connectivity index (χ1n) is 7.86. The molecule has 4 heteroatoms. The van der Waals surface area contributed by atoms with E-state index in [-0.39, 0.29) is 0 Å². The molecule has 0 radical (unpaired) electrons. The van der Waals surface area contributed by atoms with Crippen molar-refractivity contribution in [2.45, 2.75) is 19.4 Å². The minimum absolute atomic E-state index is 0.732. The van der Waals surface area contributed by atoms with E-state index >= 15 is 0 Å². The number of imidazole rings is 1. The molecule has 0 aliphatic heterocycles. The molecule has 0 aliphatic carbocycles. The second-order valence-electron chi connectivity index (χ2n) is 5.50. The molecule has 3 rings (SSSR count). The second kappa shape index (κ2) is 7.49. The van der Waals surface area contributed by atoms with Crippen LogP contribution in [0.3, 0.4) is 0 Å². The summed E-state index contributed by atoms with van der Waals surface area (Å²) in [7, 11) is 0. The highest BCUT2D eigenvalue weighted by molar-refractivity contribution is 5.66. The summed E-state index contributed by atoms with van der Waals surface area (Å²) in [6.07, 6.45) is 7.74. The van der Waals surface area contributed by atoms with Crippen molar-refractivity contribution in [1.82, 2.24) is 9.55 Å². The number of rotatable bonds is 7. The number of nitrogen functional groups attached to an aromatic ring is 1. The van der Waals surface area contributed by atoms with Crippen LogP contribution in [-0.2, 0) is 6.54 Å². The van der Waals surface area contributed by atoms with Gasteiger partial charge in [-0.3, -0.25) is 0 Å². The number of aryl methyl sites for hydroxylation is 1. The van der Waals surface area contributed by atoms with Crippen LogP contribution in [0.15, 0.2) is 67.3 Å². The lowest BCUT2D eigenvalue weighted by Crippen LogP contribution is -2.00. The molecule has 0 fully saturated rings. The van der Waals surface area contributed by atoms with Gasteiger partial charge in [0.25, 0.3) is 0 Å². The summed E-state index contributed by atoms with van der Waals surface area (Å²) in [6, 6.07) is 16.1. The first-order valence-corrected chi connectivity index (χ1v) is 7.86. The van der Waals surface area contributed by atoms with E-state index in [0.717, 1.165) is 48.6 Å². The van der Waals surface area contributed by atoms with Crippen LogP contribution in [0.25, 0.3) is 11.1 Å². The minimum Gasteiger partial charge on any atom is -0.494 e. The maximum Gasteiger partial charge on any atom is 0.119 e. The van der Waals surface area contributed by atoms with Crippen molar-refractivity contribution < 1.29 is 4.74 Å². The van der Waals surface area contributed by atoms with Gasteiger partial charge < -0.3 is 15.0 Å². The predicted octanol–water partition coefficient (Wildman–Crippen LogP) is 3.99. The molecule has 2 aromatic carbocycles. The van der Waals surface area contributed by atoms with Gasteiger partial charge in [0, 0.05) is 24.6 Å². The van der Waals surface area contributed by atoms with Gasteiger partial charge in [0.15, 0.2) is 0 Å². The van der Waals surface area contributed by atoms with E-state index in [0.29, 0.717) is 0 Å². The Balaban J connectivity index is 1.45. The zero-order chi connectivity index (χ0) is 15.9. The van der Waals surface area contributed by atoms with Gasteiger partial charge in [-0.1, -0.05) is 24.3 Å². The molecule has 0 saturated carbocycles. The lowest BCUT2D eigenvalue weighted by Gasteiger charge is -2.08. The molecule has 1 aromatic heterocycles. The van der Waals surface area contributed by atoms with Crippen molar-refractivity contribution in [3.05, 3.63) is 67.3 Å². The van der Waals surface area contributed by atoms with Gasteiger partial charge in [-0.2, -0.15) is 0 Å². The number of unbranched alkanes of at least 4 members (excludes halogenated alkanes) is 1. The van der Waals surface area contributed by atoms with Crippen molar-refractivity contribution >= 4 is 5.69 Å². The van der Waals surface area contributed by atoms with Crippen molar-refractivity contribution in [2.75, 3.05) is 12.3 Å². The van der Waals surface area contributed by atoms with E-state index in [4.69, 9.17) is 10.5 Å². The Kier molecular flexibility index (Phi) is 4.94. The average molecular weight is 307 g/mol. The summed E-state index contributed by atoms with van der Waals surface area (Å²) < 4.78 is 7.88. The van der Waals surface area contributed by atoms with E-state index < -0.39 is 0 Å². The highest BCUT2D eigenvalue weighted by atomic mass is 16.5. The number of hydrogen-bond acceptors (Lipinski definition) is 3. The van der Waals surface area contributed by atoms with E-state index in [9.17, 15) is 0 Å². The molecule has 0 amide bonds. The Morgan fingerprint density at radius 3 is 2.26 bits per heavy atom. The first kappa shape index (κ1) is 15.2. The topological polar surface area (TPSA) is 53.1 Å². The average Bonchev–Trinajstić information content (AvgIpc) is 3.09. The Hall–Kier alpha value is -2.75. The normalized spacial score (nSPS) is 10.6. The van der Waals surface area contributed by atoms with Crippen LogP contribution in [0.1, 0.15) is 12.8 Å². The highest BCUT2D eigenvalue weighted by Crippen LogP contribution is 2.23. The SMILES string of the molecule is Nc1ccc(-c2ccc(OCCCCn3ccnc3)cc2)cc1. The summed E-state index contributed by atoms with van der Waals surface area (Å²) >= 11 is 0. The molecule has 0 bridgehead atoms. The molecule has 0 saturated heterocycles. The van der Waals surface area contributed by atoms with Gasteiger partial charge in [-0.25, -0.2) is 4.98 Å². The molecule has 23 heavy (non-hydrogen) atoms. The number of hydrogen-bond donors (Lipinski definition) is 1. The fourth-order valence-electron chi connectivity index (χ4n) is 2.42. The van der Waals surface area contributed by atoms with Crippen LogP contribution < -0.4 is 10.5 Å². The molecule has 0 unspecified atom stereocenters. The van der Waals surface area contributed by atoms with Gasteiger partial charge >= 0.3 is 0 Å². The molecular weight excluding hydrogens is 286 g/mol. The third-order valence-electron chi connectivity index (χ3n) is 3.74. The minimum atomic E-state index is 0.732. The molecule has 3 aromatic rings. The highest BCUT2D eigenvalue weighted by Gasteiger charge is 1.99. The number of benzene rings is 2. The van der Waals surface area contributed by atoms with Crippen molar-refractivity contribution in [3.8, 4) is 16.9 Å². The van der Waals surface area contributed by atoms with Gasteiger partial charge in [-0.15, -0.1) is 0 Å². The third-order valence-corrected chi connectivity index (χ3v) is 3.74. The molecule has 2 N–H and O–H groups in total. The second-order valence-corrected chi connectivity index (χ2v) is 5.50. The largest absolute Gasteiger partial charge is 0.494 e. The molecule has 4 nitrogen and oxygen atoms in total. The van der Waals surface area contributed by atoms with Gasteiger partial charge in [0.05, 0.1) is 12.9 Å². The number of anilines is 1. The van der Waals surface area contributed by atoms with Crippen LogP contribution >= 0.6 is 0 Å². The monoisotopic (exact) mass is 307 g/mol. The maximum atomic E-state index is 5.79.